The van der Waals surface area contributed by atoms with Crippen LogP contribution >= 0.6 is 0 Å². The second kappa shape index (κ2) is 8.36. The third-order valence-corrected chi connectivity index (χ3v) is 10.7. The first kappa shape index (κ1) is 23.1. The molecular weight excluding hydrogens is 380 g/mol. The van der Waals surface area contributed by atoms with Gasteiger partial charge >= 0.3 is 0 Å². The molecule has 0 spiro atoms. The Kier molecular flexibility index (Phi) is 6.22. The van der Waals surface area contributed by atoms with Crippen molar-refractivity contribution in [2.45, 2.75) is 98.1 Å². The van der Waals surface area contributed by atoms with Crippen LogP contribution in [-0.4, -0.2) is 37.0 Å². The van der Waals surface area contributed by atoms with Gasteiger partial charge in [-0.2, -0.15) is 0 Å². The van der Waals surface area contributed by atoms with E-state index in [1.807, 2.05) is 19.9 Å². The summed E-state index contributed by atoms with van der Waals surface area (Å²) in [5, 5.41) is 3.28. The summed E-state index contributed by atoms with van der Waals surface area (Å²) in [5.74, 6) is 3.59. The molecule has 3 heteroatoms. The number of hydrogen-bond acceptors (Lipinski definition) is 2. The number of rotatable bonds is 4. The zero-order valence-corrected chi connectivity index (χ0v) is 21.1. The van der Waals surface area contributed by atoms with E-state index in [0.717, 1.165) is 35.7 Å². The van der Waals surface area contributed by atoms with E-state index in [9.17, 15) is 4.79 Å². The SMILES string of the molecule is C/C=C(\C)C(=O)N[C@@H]1C=C2CC[C@H]3[C@@H]4CC[C@H]([C@H](C)N(C)C)[C@@]4(C)CC[C@@H]3[C@@]2(C)CC1. The second-order valence-corrected chi connectivity index (χ2v) is 12.0. The Labute approximate surface area is 191 Å². The van der Waals surface area contributed by atoms with Crippen LogP contribution in [0.3, 0.4) is 0 Å². The Morgan fingerprint density at radius 2 is 1.87 bits per heavy atom. The molecule has 0 bridgehead atoms. The van der Waals surface area contributed by atoms with Crippen molar-refractivity contribution >= 4 is 5.91 Å². The van der Waals surface area contributed by atoms with Crippen molar-refractivity contribution in [1.29, 1.82) is 0 Å². The number of allylic oxidation sites excluding steroid dienone is 2. The van der Waals surface area contributed by atoms with Crippen molar-refractivity contribution in [3.8, 4) is 0 Å². The van der Waals surface area contributed by atoms with E-state index in [1.54, 1.807) is 5.57 Å². The molecule has 3 nitrogen and oxygen atoms in total. The Bertz CT molecular complexity index is 767. The molecule has 0 radical (unpaired) electrons. The fourth-order valence-corrected chi connectivity index (χ4v) is 8.45. The standard InChI is InChI=1S/C28H46N2O/c1-8-18(2)26(31)29-21-13-15-27(4)20(17-21)9-10-22-24-12-11-23(19(3)30(6)7)28(24,5)16-14-25(22)27/h8,17,19,21-25H,9-16H2,1-7H3,(H,29,31)/b18-8+/t19-,21-,22-,23+,24-,25-,27-,28+/m0/s1. The Balaban J connectivity index is 1.52. The van der Waals surface area contributed by atoms with Crippen LogP contribution in [0, 0.1) is 34.5 Å². The molecule has 0 unspecified atom stereocenters. The van der Waals surface area contributed by atoms with Crippen molar-refractivity contribution in [3.05, 3.63) is 23.3 Å². The highest BCUT2D eigenvalue weighted by Gasteiger charge is 2.59. The molecule has 4 rings (SSSR count). The average molecular weight is 427 g/mol. The van der Waals surface area contributed by atoms with Gasteiger partial charge in [-0.25, -0.2) is 0 Å². The van der Waals surface area contributed by atoms with Crippen molar-refractivity contribution in [2.24, 2.45) is 34.5 Å². The number of fused-ring (bicyclic) bond motifs is 5. The van der Waals surface area contributed by atoms with Crippen LogP contribution < -0.4 is 5.32 Å². The summed E-state index contributed by atoms with van der Waals surface area (Å²) in [5.41, 5.74) is 3.36. The maximum atomic E-state index is 12.4. The third kappa shape index (κ3) is 3.73. The Morgan fingerprint density at radius 3 is 2.55 bits per heavy atom. The predicted molar refractivity (Wildman–Crippen MR) is 130 cm³/mol. The molecule has 1 N–H and O–H groups in total. The number of carbonyl (C=O) groups excluding carboxylic acids is 1. The van der Waals surface area contributed by atoms with Gasteiger partial charge in [-0.3, -0.25) is 4.79 Å². The van der Waals surface area contributed by atoms with E-state index >= 15 is 0 Å². The number of hydrogen-bond donors (Lipinski definition) is 1. The normalized spacial score (nSPS) is 43.5. The molecule has 0 aromatic heterocycles. The molecule has 0 heterocycles. The van der Waals surface area contributed by atoms with E-state index in [-0.39, 0.29) is 11.9 Å². The number of carbonyl (C=O) groups is 1. The lowest BCUT2D eigenvalue weighted by molar-refractivity contribution is -0.118. The van der Waals surface area contributed by atoms with Crippen LogP contribution in [0.1, 0.15) is 86.0 Å². The predicted octanol–water partition coefficient (Wildman–Crippen LogP) is 5.97. The monoisotopic (exact) mass is 426 g/mol. The molecule has 1 amide bonds. The lowest BCUT2D eigenvalue weighted by Gasteiger charge is -2.59. The first-order valence-corrected chi connectivity index (χ1v) is 12.9. The molecule has 3 fully saturated rings. The van der Waals surface area contributed by atoms with Gasteiger partial charge in [0.15, 0.2) is 0 Å². The molecule has 4 aliphatic rings. The summed E-state index contributed by atoms with van der Waals surface area (Å²) in [6.45, 7) is 11.5. The molecule has 8 atom stereocenters. The molecule has 31 heavy (non-hydrogen) atoms. The fourth-order valence-electron chi connectivity index (χ4n) is 8.45. The van der Waals surface area contributed by atoms with Gasteiger partial charge < -0.3 is 10.2 Å². The minimum Gasteiger partial charge on any atom is -0.346 e. The van der Waals surface area contributed by atoms with Gasteiger partial charge in [-0.05, 0) is 121 Å². The lowest BCUT2D eigenvalue weighted by atomic mass is 9.46. The summed E-state index contributed by atoms with van der Waals surface area (Å²) in [7, 11) is 4.53. The van der Waals surface area contributed by atoms with Crippen LogP contribution in [0.25, 0.3) is 0 Å². The third-order valence-electron chi connectivity index (χ3n) is 10.7. The van der Waals surface area contributed by atoms with Gasteiger partial charge in [0.2, 0.25) is 5.91 Å². The highest BCUT2D eigenvalue weighted by atomic mass is 16.1. The maximum Gasteiger partial charge on any atom is 0.247 e. The topological polar surface area (TPSA) is 32.3 Å². The van der Waals surface area contributed by atoms with Crippen molar-refractivity contribution in [3.63, 3.8) is 0 Å². The van der Waals surface area contributed by atoms with Crippen LogP contribution in [0.5, 0.6) is 0 Å². The molecule has 0 aromatic carbocycles. The molecule has 174 valence electrons. The minimum absolute atomic E-state index is 0.0991. The highest BCUT2D eigenvalue weighted by molar-refractivity contribution is 5.93. The molecule has 0 saturated heterocycles. The Hall–Kier alpha value is -1.09. The summed E-state index contributed by atoms with van der Waals surface area (Å²) in [4.78, 5) is 14.8. The van der Waals surface area contributed by atoms with E-state index < -0.39 is 0 Å². The van der Waals surface area contributed by atoms with Crippen LogP contribution in [-0.2, 0) is 4.79 Å². The van der Waals surface area contributed by atoms with E-state index in [0.29, 0.717) is 16.9 Å². The molecule has 3 saturated carbocycles. The first-order chi connectivity index (χ1) is 14.6. The number of amides is 1. The fraction of sp³-hybridized carbons (Fsp3) is 0.821. The first-order valence-electron chi connectivity index (χ1n) is 12.9. The summed E-state index contributed by atoms with van der Waals surface area (Å²) in [6.07, 6.45) is 15.0. The summed E-state index contributed by atoms with van der Waals surface area (Å²) >= 11 is 0. The molecule has 4 aliphatic carbocycles. The van der Waals surface area contributed by atoms with Crippen molar-refractivity contribution in [1.82, 2.24) is 10.2 Å². The Morgan fingerprint density at radius 1 is 1.13 bits per heavy atom. The maximum absolute atomic E-state index is 12.4. The van der Waals surface area contributed by atoms with Gasteiger partial charge in [-0.15, -0.1) is 0 Å². The van der Waals surface area contributed by atoms with Gasteiger partial charge in [0.05, 0.1) is 0 Å². The number of nitrogens with zero attached hydrogens (tertiary/aromatic N) is 1. The largest absolute Gasteiger partial charge is 0.346 e. The van der Waals surface area contributed by atoms with Crippen LogP contribution in [0.15, 0.2) is 23.3 Å². The number of nitrogens with one attached hydrogen (secondary N) is 1. The molecular formula is C28H46N2O. The van der Waals surface area contributed by atoms with Crippen LogP contribution in [0.2, 0.25) is 0 Å². The minimum atomic E-state index is 0.0991. The van der Waals surface area contributed by atoms with Gasteiger partial charge in [0, 0.05) is 17.7 Å². The molecule has 0 aromatic rings. The summed E-state index contributed by atoms with van der Waals surface area (Å²) < 4.78 is 0. The molecule has 0 aliphatic heterocycles. The smallest absolute Gasteiger partial charge is 0.247 e. The van der Waals surface area contributed by atoms with Gasteiger partial charge in [-0.1, -0.05) is 31.6 Å². The van der Waals surface area contributed by atoms with Gasteiger partial charge in [0.1, 0.15) is 0 Å². The van der Waals surface area contributed by atoms with E-state index in [1.165, 1.54) is 44.9 Å². The van der Waals surface area contributed by atoms with Crippen molar-refractivity contribution < 1.29 is 4.79 Å². The quantitative estimate of drug-likeness (QED) is 0.444. The van der Waals surface area contributed by atoms with Crippen molar-refractivity contribution in [2.75, 3.05) is 14.1 Å². The van der Waals surface area contributed by atoms with E-state index in [2.05, 4.69) is 51.2 Å². The summed E-state index contributed by atoms with van der Waals surface area (Å²) in [6, 6.07) is 0.897. The van der Waals surface area contributed by atoms with Crippen LogP contribution in [0.4, 0.5) is 0 Å². The highest BCUT2D eigenvalue weighted by Crippen LogP contribution is 2.67. The average Bonchev–Trinajstić information content (AvgIpc) is 3.09. The lowest BCUT2D eigenvalue weighted by Crippen LogP contribution is -2.53. The van der Waals surface area contributed by atoms with E-state index in [4.69, 9.17) is 0 Å². The zero-order valence-electron chi connectivity index (χ0n) is 21.1. The zero-order chi connectivity index (χ0) is 22.6. The second-order valence-electron chi connectivity index (χ2n) is 12.0. The van der Waals surface area contributed by atoms with Gasteiger partial charge in [0.25, 0.3) is 0 Å².